The number of hydrogen-bond donors (Lipinski definition) is 1. The Morgan fingerprint density at radius 3 is 2.68 bits per heavy atom. The highest BCUT2D eigenvalue weighted by Gasteiger charge is 2.22. The highest BCUT2D eigenvalue weighted by atomic mass is 35.5. The van der Waals surface area contributed by atoms with Crippen molar-refractivity contribution < 1.29 is 4.79 Å². The summed E-state index contributed by atoms with van der Waals surface area (Å²) in [4.78, 5) is 14.2. The fraction of sp³-hybridized carbons (Fsp3) is 0.533. The number of nitrogens with one attached hydrogen (secondary N) is 1. The molecule has 0 bridgehead atoms. The van der Waals surface area contributed by atoms with Crippen LogP contribution in [0.1, 0.15) is 24.5 Å². The van der Waals surface area contributed by atoms with Crippen LogP contribution in [0, 0.1) is 6.92 Å². The largest absolute Gasteiger partial charge is 0.337 e. The number of carbonyl (C=O) groups is 1. The van der Waals surface area contributed by atoms with E-state index in [4.69, 9.17) is 0 Å². The lowest BCUT2D eigenvalue weighted by atomic mass is 10.1. The topological polar surface area (TPSA) is 32.3 Å². The Morgan fingerprint density at radius 1 is 1.37 bits per heavy atom. The van der Waals surface area contributed by atoms with Crippen LogP contribution >= 0.6 is 12.4 Å². The summed E-state index contributed by atoms with van der Waals surface area (Å²) >= 11 is 0. The number of benzene rings is 1. The molecule has 0 aromatic heterocycles. The average Bonchev–Trinajstić information content (AvgIpc) is 2.38. The van der Waals surface area contributed by atoms with Crippen molar-refractivity contribution in [1.29, 1.82) is 0 Å². The highest BCUT2D eigenvalue weighted by Crippen LogP contribution is 2.10. The second-order valence-electron chi connectivity index (χ2n) is 5.13. The summed E-state index contributed by atoms with van der Waals surface area (Å²) in [5.41, 5.74) is 2.51. The molecule has 1 aliphatic rings. The zero-order chi connectivity index (χ0) is 13.0. The second-order valence-corrected chi connectivity index (χ2v) is 5.13. The lowest BCUT2D eigenvalue weighted by Gasteiger charge is -2.34. The number of carbonyl (C=O) groups excluding carboxylic acids is 1. The van der Waals surface area contributed by atoms with Crippen LogP contribution in [0.4, 0.5) is 0 Å². The number of amides is 1. The Hall–Kier alpha value is -1.06. The number of nitrogens with zero attached hydrogens (tertiary/aromatic N) is 1. The van der Waals surface area contributed by atoms with Gasteiger partial charge < -0.3 is 10.2 Å². The minimum Gasteiger partial charge on any atom is -0.337 e. The van der Waals surface area contributed by atoms with Gasteiger partial charge in [0.05, 0.1) is 0 Å². The van der Waals surface area contributed by atoms with Crippen molar-refractivity contribution in [2.45, 2.75) is 32.7 Å². The van der Waals surface area contributed by atoms with E-state index in [2.05, 4.69) is 43.4 Å². The number of aryl methyl sites for hydroxylation is 2. The molecule has 1 aliphatic heterocycles. The predicted molar refractivity (Wildman–Crippen MR) is 80.8 cm³/mol. The first kappa shape index (κ1) is 16.0. The second kappa shape index (κ2) is 7.51. The Labute approximate surface area is 121 Å². The van der Waals surface area contributed by atoms with Gasteiger partial charge in [-0.25, -0.2) is 0 Å². The van der Waals surface area contributed by atoms with E-state index in [1.165, 1.54) is 11.1 Å². The van der Waals surface area contributed by atoms with E-state index in [0.29, 0.717) is 12.5 Å². The molecule has 0 spiro atoms. The molecule has 1 N–H and O–H groups in total. The standard InChI is InChI=1S/C15H22N2O.ClH/c1-12-3-5-14(6-4-12)7-8-15(18)17-10-9-16-11-13(17)2;/h3-6,13,16H,7-11H2,1-2H3;1H/t13-;/m1./s1. The molecule has 3 nitrogen and oxygen atoms in total. The van der Waals surface area contributed by atoms with E-state index in [-0.39, 0.29) is 18.3 Å². The minimum atomic E-state index is 0. The van der Waals surface area contributed by atoms with Crippen LogP contribution in [-0.4, -0.2) is 36.5 Å². The number of hydrogen-bond acceptors (Lipinski definition) is 2. The van der Waals surface area contributed by atoms with Gasteiger partial charge in [-0.3, -0.25) is 4.79 Å². The molecule has 0 aliphatic carbocycles. The molecule has 1 fully saturated rings. The van der Waals surface area contributed by atoms with Gasteiger partial charge in [-0.2, -0.15) is 0 Å². The van der Waals surface area contributed by atoms with Crippen molar-refractivity contribution in [2.75, 3.05) is 19.6 Å². The Morgan fingerprint density at radius 2 is 2.05 bits per heavy atom. The molecule has 0 radical (unpaired) electrons. The lowest BCUT2D eigenvalue weighted by molar-refractivity contribution is -0.133. The fourth-order valence-electron chi connectivity index (χ4n) is 2.36. The zero-order valence-corrected chi connectivity index (χ0v) is 12.5. The summed E-state index contributed by atoms with van der Waals surface area (Å²) in [6.07, 6.45) is 1.46. The van der Waals surface area contributed by atoms with Gasteiger partial charge in [-0.1, -0.05) is 29.8 Å². The van der Waals surface area contributed by atoms with E-state index >= 15 is 0 Å². The van der Waals surface area contributed by atoms with Crippen LogP contribution in [0.3, 0.4) is 0 Å². The van der Waals surface area contributed by atoms with Crippen molar-refractivity contribution in [3.63, 3.8) is 0 Å². The minimum absolute atomic E-state index is 0. The molecule has 19 heavy (non-hydrogen) atoms. The molecular weight excluding hydrogens is 260 g/mol. The van der Waals surface area contributed by atoms with Crippen LogP contribution in [0.5, 0.6) is 0 Å². The van der Waals surface area contributed by atoms with Crippen molar-refractivity contribution in [1.82, 2.24) is 10.2 Å². The average molecular weight is 283 g/mol. The quantitative estimate of drug-likeness (QED) is 0.922. The third-order valence-corrected chi connectivity index (χ3v) is 3.57. The smallest absolute Gasteiger partial charge is 0.223 e. The van der Waals surface area contributed by atoms with Crippen molar-refractivity contribution in [3.8, 4) is 0 Å². The third-order valence-electron chi connectivity index (χ3n) is 3.57. The Bertz CT molecular complexity index is 405. The maximum Gasteiger partial charge on any atom is 0.223 e. The maximum absolute atomic E-state index is 12.1. The van der Waals surface area contributed by atoms with E-state index in [1.807, 2.05) is 4.90 Å². The van der Waals surface area contributed by atoms with Gasteiger partial charge in [0.25, 0.3) is 0 Å². The first-order valence-electron chi connectivity index (χ1n) is 6.72. The van der Waals surface area contributed by atoms with Crippen LogP contribution < -0.4 is 5.32 Å². The summed E-state index contributed by atoms with van der Waals surface area (Å²) in [5.74, 6) is 0.282. The van der Waals surface area contributed by atoms with Gasteiger partial charge in [0, 0.05) is 32.1 Å². The fourth-order valence-corrected chi connectivity index (χ4v) is 2.36. The summed E-state index contributed by atoms with van der Waals surface area (Å²) in [7, 11) is 0. The Balaban J connectivity index is 0.00000180. The van der Waals surface area contributed by atoms with E-state index in [1.54, 1.807) is 0 Å². The predicted octanol–water partition coefficient (Wildman–Crippen LogP) is 2.17. The van der Waals surface area contributed by atoms with Gasteiger partial charge in [0.15, 0.2) is 0 Å². The molecule has 4 heteroatoms. The number of piperazine rings is 1. The molecule has 1 aromatic carbocycles. The van der Waals surface area contributed by atoms with Crippen molar-refractivity contribution in [3.05, 3.63) is 35.4 Å². The van der Waals surface area contributed by atoms with E-state index in [0.717, 1.165) is 26.1 Å². The normalized spacial score (nSPS) is 18.8. The summed E-state index contributed by atoms with van der Waals surface area (Å²) in [6, 6.07) is 8.76. The van der Waals surface area contributed by atoms with Crippen molar-refractivity contribution in [2.24, 2.45) is 0 Å². The molecule has 1 atom stereocenters. The molecule has 0 saturated carbocycles. The summed E-state index contributed by atoms with van der Waals surface area (Å²) < 4.78 is 0. The van der Waals surface area contributed by atoms with Gasteiger partial charge >= 0.3 is 0 Å². The van der Waals surface area contributed by atoms with Gasteiger partial charge in [0.1, 0.15) is 0 Å². The van der Waals surface area contributed by atoms with Gasteiger partial charge in [-0.15, -0.1) is 12.4 Å². The monoisotopic (exact) mass is 282 g/mol. The van der Waals surface area contributed by atoms with E-state index in [9.17, 15) is 4.79 Å². The van der Waals surface area contributed by atoms with Crippen LogP contribution in [0.15, 0.2) is 24.3 Å². The Kier molecular flexibility index (Phi) is 6.32. The number of halogens is 1. The first-order chi connectivity index (χ1) is 8.66. The SMILES string of the molecule is Cc1ccc(CCC(=O)N2CCNC[C@H]2C)cc1.Cl. The lowest BCUT2D eigenvalue weighted by Crippen LogP contribution is -2.52. The molecule has 2 rings (SSSR count). The van der Waals surface area contributed by atoms with Crippen molar-refractivity contribution >= 4 is 18.3 Å². The molecule has 1 aromatic rings. The van der Waals surface area contributed by atoms with Crippen LogP contribution in [-0.2, 0) is 11.2 Å². The first-order valence-corrected chi connectivity index (χ1v) is 6.72. The molecule has 1 saturated heterocycles. The van der Waals surface area contributed by atoms with Crippen LogP contribution in [0.2, 0.25) is 0 Å². The van der Waals surface area contributed by atoms with E-state index < -0.39 is 0 Å². The third kappa shape index (κ3) is 4.51. The summed E-state index contributed by atoms with van der Waals surface area (Å²) in [5, 5.41) is 3.31. The zero-order valence-electron chi connectivity index (χ0n) is 11.7. The summed E-state index contributed by atoms with van der Waals surface area (Å²) in [6.45, 7) is 6.86. The molecule has 1 amide bonds. The molecule has 0 unspecified atom stereocenters. The molecule has 1 heterocycles. The molecular formula is C15H23ClN2O. The number of rotatable bonds is 3. The van der Waals surface area contributed by atoms with Gasteiger partial charge in [-0.05, 0) is 25.8 Å². The van der Waals surface area contributed by atoms with Crippen LogP contribution in [0.25, 0.3) is 0 Å². The maximum atomic E-state index is 12.1. The van der Waals surface area contributed by atoms with Gasteiger partial charge in [0.2, 0.25) is 5.91 Å². The molecule has 106 valence electrons. The highest BCUT2D eigenvalue weighted by molar-refractivity contribution is 5.85.